The second-order valence-electron chi connectivity index (χ2n) is 6.87. The standard InChI is InChI=1S/C20H25FN2O3S/c1-13-17(19(24)26-11-10-25-2)18(14-6-5-7-15(21)12-14)22-20(27)23(13)16-8-3-4-9-16/h5-7,12,16,18H,3-4,8-11H2,1-2H3,(H,22,27)/t18-/m0/s1. The predicted octanol–water partition coefficient (Wildman–Crippen LogP) is 3.46. The number of rotatable bonds is 6. The molecule has 146 valence electrons. The van der Waals surface area contributed by atoms with E-state index < -0.39 is 12.0 Å². The van der Waals surface area contributed by atoms with Gasteiger partial charge in [-0.05, 0) is 49.7 Å². The number of thiocarbonyl (C=S) groups is 1. The Labute approximate surface area is 164 Å². The number of ether oxygens (including phenoxy) is 2. The Hall–Kier alpha value is -1.99. The average molecular weight is 392 g/mol. The molecule has 0 bridgehead atoms. The number of hydrogen-bond acceptors (Lipinski definition) is 4. The smallest absolute Gasteiger partial charge is 0.338 e. The molecule has 1 N–H and O–H groups in total. The molecule has 1 heterocycles. The Kier molecular flexibility index (Phi) is 6.44. The predicted molar refractivity (Wildman–Crippen MR) is 105 cm³/mol. The third kappa shape index (κ3) is 4.30. The molecule has 1 atom stereocenters. The Morgan fingerprint density at radius 3 is 2.74 bits per heavy atom. The number of esters is 1. The van der Waals surface area contributed by atoms with E-state index in [1.807, 2.05) is 11.8 Å². The average Bonchev–Trinajstić information content (AvgIpc) is 3.15. The lowest BCUT2D eigenvalue weighted by Gasteiger charge is -2.40. The number of allylic oxidation sites excluding steroid dienone is 1. The Bertz CT molecular complexity index is 746. The quantitative estimate of drug-likeness (QED) is 0.455. The highest BCUT2D eigenvalue weighted by Crippen LogP contribution is 2.36. The number of methoxy groups -OCH3 is 1. The highest BCUT2D eigenvalue weighted by molar-refractivity contribution is 7.80. The van der Waals surface area contributed by atoms with Crippen molar-refractivity contribution in [3.63, 3.8) is 0 Å². The summed E-state index contributed by atoms with van der Waals surface area (Å²) in [6.45, 7) is 2.38. The number of halogens is 1. The zero-order valence-electron chi connectivity index (χ0n) is 15.7. The maximum absolute atomic E-state index is 13.8. The molecular formula is C20H25FN2O3S. The molecule has 27 heavy (non-hydrogen) atoms. The largest absolute Gasteiger partial charge is 0.460 e. The summed E-state index contributed by atoms with van der Waals surface area (Å²) in [5, 5.41) is 3.81. The molecule has 1 aromatic carbocycles. The molecule has 5 nitrogen and oxygen atoms in total. The highest BCUT2D eigenvalue weighted by atomic mass is 32.1. The van der Waals surface area contributed by atoms with Gasteiger partial charge < -0.3 is 19.7 Å². The van der Waals surface area contributed by atoms with E-state index in [1.54, 1.807) is 19.2 Å². The van der Waals surface area contributed by atoms with E-state index in [4.69, 9.17) is 21.7 Å². The molecule has 1 aliphatic carbocycles. The lowest BCUT2D eigenvalue weighted by atomic mass is 9.94. The van der Waals surface area contributed by atoms with E-state index in [1.165, 1.54) is 12.1 Å². The molecule has 1 fully saturated rings. The zero-order valence-corrected chi connectivity index (χ0v) is 16.5. The van der Waals surface area contributed by atoms with E-state index >= 15 is 0 Å². The van der Waals surface area contributed by atoms with E-state index in [0.29, 0.717) is 22.9 Å². The Balaban J connectivity index is 1.98. The number of carbonyl (C=O) groups excluding carboxylic acids is 1. The van der Waals surface area contributed by atoms with Crippen molar-refractivity contribution >= 4 is 23.3 Å². The molecule has 7 heteroatoms. The maximum Gasteiger partial charge on any atom is 0.338 e. The molecule has 0 aromatic heterocycles. The molecule has 1 aromatic rings. The van der Waals surface area contributed by atoms with Crippen molar-refractivity contribution in [2.75, 3.05) is 20.3 Å². The molecule has 0 amide bonds. The van der Waals surface area contributed by atoms with Crippen LogP contribution >= 0.6 is 12.2 Å². The van der Waals surface area contributed by atoms with Crippen molar-refractivity contribution in [1.29, 1.82) is 0 Å². The third-order valence-corrected chi connectivity index (χ3v) is 5.45. The van der Waals surface area contributed by atoms with Crippen LogP contribution in [-0.4, -0.2) is 42.3 Å². The van der Waals surface area contributed by atoms with Gasteiger partial charge in [-0.1, -0.05) is 25.0 Å². The fourth-order valence-corrected chi connectivity index (χ4v) is 4.26. The molecule has 0 radical (unpaired) electrons. The SMILES string of the molecule is COCCOC(=O)C1=C(C)N(C2CCCC2)C(=S)N[C@H]1c1cccc(F)c1. The van der Waals surface area contributed by atoms with Gasteiger partial charge in [-0.2, -0.15) is 0 Å². The summed E-state index contributed by atoms with van der Waals surface area (Å²) in [5.41, 5.74) is 1.89. The first kappa shape index (κ1) is 19.8. The van der Waals surface area contributed by atoms with Crippen LogP contribution in [0.2, 0.25) is 0 Å². The van der Waals surface area contributed by atoms with Crippen LogP contribution in [0, 0.1) is 5.82 Å². The van der Waals surface area contributed by atoms with Gasteiger partial charge in [0, 0.05) is 18.8 Å². The van der Waals surface area contributed by atoms with Gasteiger partial charge in [-0.3, -0.25) is 0 Å². The first-order valence-corrected chi connectivity index (χ1v) is 9.65. The highest BCUT2D eigenvalue weighted by Gasteiger charge is 2.38. The minimum absolute atomic E-state index is 0.163. The van der Waals surface area contributed by atoms with Crippen molar-refractivity contribution < 1.29 is 18.7 Å². The fourth-order valence-electron chi connectivity index (χ4n) is 3.86. The minimum Gasteiger partial charge on any atom is -0.460 e. The summed E-state index contributed by atoms with van der Waals surface area (Å²) in [7, 11) is 1.55. The first-order valence-electron chi connectivity index (χ1n) is 9.25. The zero-order chi connectivity index (χ0) is 19.4. The van der Waals surface area contributed by atoms with E-state index in [9.17, 15) is 9.18 Å². The second kappa shape index (κ2) is 8.80. The minimum atomic E-state index is -0.541. The summed E-state index contributed by atoms with van der Waals surface area (Å²) in [5.74, 6) is -0.792. The lowest BCUT2D eigenvalue weighted by molar-refractivity contribution is -0.140. The first-order chi connectivity index (χ1) is 13.0. The molecule has 0 spiro atoms. The van der Waals surface area contributed by atoms with Crippen molar-refractivity contribution in [3.8, 4) is 0 Å². The van der Waals surface area contributed by atoms with Gasteiger partial charge in [0.15, 0.2) is 5.11 Å². The molecule has 0 unspecified atom stereocenters. The van der Waals surface area contributed by atoms with Crippen LogP contribution in [-0.2, 0) is 14.3 Å². The van der Waals surface area contributed by atoms with Crippen LogP contribution in [0.1, 0.15) is 44.2 Å². The molecule has 1 aliphatic heterocycles. The van der Waals surface area contributed by atoms with Crippen LogP contribution in [0.25, 0.3) is 0 Å². The van der Waals surface area contributed by atoms with Gasteiger partial charge in [-0.25, -0.2) is 9.18 Å². The lowest BCUT2D eigenvalue weighted by Crippen LogP contribution is -2.51. The van der Waals surface area contributed by atoms with Crippen LogP contribution in [0.3, 0.4) is 0 Å². The third-order valence-electron chi connectivity index (χ3n) is 5.14. The molecule has 3 rings (SSSR count). The summed E-state index contributed by atoms with van der Waals surface area (Å²) >= 11 is 5.61. The number of nitrogens with one attached hydrogen (secondary N) is 1. The Morgan fingerprint density at radius 1 is 1.33 bits per heavy atom. The fraction of sp³-hybridized carbons (Fsp3) is 0.500. The van der Waals surface area contributed by atoms with Crippen molar-refractivity contribution in [3.05, 3.63) is 46.9 Å². The molecule has 2 aliphatic rings. The normalized spacial score (nSPS) is 20.8. The topological polar surface area (TPSA) is 50.8 Å². The number of nitrogens with zero attached hydrogens (tertiary/aromatic N) is 1. The maximum atomic E-state index is 13.8. The summed E-state index contributed by atoms with van der Waals surface area (Å²) in [6, 6.07) is 5.94. The van der Waals surface area contributed by atoms with Crippen molar-refractivity contribution in [1.82, 2.24) is 10.2 Å². The van der Waals surface area contributed by atoms with Crippen LogP contribution in [0.15, 0.2) is 35.5 Å². The van der Waals surface area contributed by atoms with Crippen LogP contribution < -0.4 is 5.32 Å². The van der Waals surface area contributed by atoms with Gasteiger partial charge in [-0.15, -0.1) is 0 Å². The van der Waals surface area contributed by atoms with Gasteiger partial charge in [0.05, 0.1) is 18.2 Å². The van der Waals surface area contributed by atoms with Gasteiger partial charge in [0.1, 0.15) is 12.4 Å². The van der Waals surface area contributed by atoms with E-state index in [0.717, 1.165) is 31.4 Å². The molecular weight excluding hydrogens is 367 g/mol. The molecule has 0 saturated heterocycles. The van der Waals surface area contributed by atoms with E-state index in [-0.39, 0.29) is 18.5 Å². The van der Waals surface area contributed by atoms with E-state index in [2.05, 4.69) is 5.32 Å². The van der Waals surface area contributed by atoms with Crippen LogP contribution in [0.5, 0.6) is 0 Å². The second-order valence-corrected chi connectivity index (χ2v) is 7.26. The monoisotopic (exact) mass is 392 g/mol. The number of benzene rings is 1. The van der Waals surface area contributed by atoms with Crippen LogP contribution in [0.4, 0.5) is 4.39 Å². The number of carbonyl (C=O) groups is 1. The van der Waals surface area contributed by atoms with Gasteiger partial charge in [0.2, 0.25) is 0 Å². The number of hydrogen-bond donors (Lipinski definition) is 1. The van der Waals surface area contributed by atoms with Gasteiger partial charge in [0.25, 0.3) is 0 Å². The molecule has 1 saturated carbocycles. The van der Waals surface area contributed by atoms with Gasteiger partial charge >= 0.3 is 5.97 Å². The summed E-state index contributed by atoms with van der Waals surface area (Å²) < 4.78 is 24.2. The van der Waals surface area contributed by atoms with Crippen molar-refractivity contribution in [2.45, 2.75) is 44.7 Å². The summed E-state index contributed by atoms with van der Waals surface area (Å²) in [6.07, 6.45) is 4.38. The van der Waals surface area contributed by atoms with Crippen molar-refractivity contribution in [2.24, 2.45) is 0 Å². The Morgan fingerprint density at radius 2 is 2.07 bits per heavy atom. The summed E-state index contributed by atoms with van der Waals surface area (Å²) in [4.78, 5) is 14.9.